The maximum atomic E-state index is 12.1. The van der Waals surface area contributed by atoms with E-state index in [9.17, 15) is 13.2 Å². The molecular formula is C18H20Cl2N2O4S. The van der Waals surface area contributed by atoms with Crippen LogP contribution in [0.4, 0.5) is 0 Å². The second kappa shape index (κ2) is 9.94. The lowest BCUT2D eigenvalue weighted by atomic mass is 10.2. The Morgan fingerprint density at radius 1 is 1.11 bits per heavy atom. The summed E-state index contributed by atoms with van der Waals surface area (Å²) in [4.78, 5) is 12.1. The molecular weight excluding hydrogens is 411 g/mol. The van der Waals surface area contributed by atoms with Crippen molar-refractivity contribution >= 4 is 39.1 Å². The lowest BCUT2D eigenvalue weighted by molar-refractivity contribution is -0.121. The molecule has 0 radical (unpaired) electrons. The maximum absolute atomic E-state index is 12.1. The van der Waals surface area contributed by atoms with Gasteiger partial charge in [-0.15, -0.1) is 0 Å². The van der Waals surface area contributed by atoms with E-state index >= 15 is 0 Å². The molecule has 27 heavy (non-hydrogen) atoms. The largest absolute Gasteiger partial charge is 0.492 e. The van der Waals surface area contributed by atoms with Crippen LogP contribution in [0.1, 0.15) is 5.56 Å². The first-order valence-corrected chi connectivity index (χ1v) is 10.7. The standard InChI is InChI=1S/C18H20Cl2N2O4S/c1-27(24,25)22(12-14-4-2-3-5-17(14)20)13-18(23)21-10-11-26-16-8-6-15(19)7-9-16/h2-9H,10-13H2,1H3,(H,21,23). The van der Waals surface area contributed by atoms with Crippen molar-refractivity contribution in [3.63, 3.8) is 0 Å². The number of benzene rings is 2. The van der Waals surface area contributed by atoms with Gasteiger partial charge < -0.3 is 10.1 Å². The minimum atomic E-state index is -3.58. The molecule has 146 valence electrons. The number of amides is 1. The highest BCUT2D eigenvalue weighted by molar-refractivity contribution is 7.88. The third kappa shape index (κ3) is 7.38. The van der Waals surface area contributed by atoms with Crippen LogP contribution in [0.2, 0.25) is 10.0 Å². The molecule has 2 aromatic rings. The fraction of sp³-hybridized carbons (Fsp3) is 0.278. The first-order valence-electron chi connectivity index (χ1n) is 8.09. The second-order valence-electron chi connectivity index (χ2n) is 5.77. The van der Waals surface area contributed by atoms with Gasteiger partial charge in [-0.25, -0.2) is 8.42 Å². The Labute approximate surface area is 169 Å². The zero-order valence-corrected chi connectivity index (χ0v) is 17.0. The molecule has 0 saturated heterocycles. The monoisotopic (exact) mass is 430 g/mol. The van der Waals surface area contributed by atoms with Crippen molar-refractivity contribution in [2.75, 3.05) is 26.0 Å². The Bertz CT molecular complexity index is 873. The first-order chi connectivity index (χ1) is 12.8. The van der Waals surface area contributed by atoms with Crippen LogP contribution in [0.3, 0.4) is 0 Å². The summed E-state index contributed by atoms with van der Waals surface area (Å²) in [5.41, 5.74) is 0.628. The first kappa shape index (κ1) is 21.5. The molecule has 1 amide bonds. The average molecular weight is 431 g/mol. The Morgan fingerprint density at radius 3 is 2.41 bits per heavy atom. The van der Waals surface area contributed by atoms with Gasteiger partial charge in [0.1, 0.15) is 12.4 Å². The van der Waals surface area contributed by atoms with Gasteiger partial charge in [0.25, 0.3) is 0 Å². The van der Waals surface area contributed by atoms with Crippen LogP contribution < -0.4 is 10.1 Å². The third-order valence-electron chi connectivity index (χ3n) is 3.60. The molecule has 1 N–H and O–H groups in total. The molecule has 0 saturated carbocycles. The van der Waals surface area contributed by atoms with Gasteiger partial charge in [-0.05, 0) is 35.9 Å². The molecule has 9 heteroatoms. The number of nitrogens with zero attached hydrogens (tertiary/aromatic N) is 1. The number of carbonyl (C=O) groups is 1. The van der Waals surface area contributed by atoms with E-state index in [1.165, 1.54) is 0 Å². The van der Waals surface area contributed by atoms with E-state index in [-0.39, 0.29) is 26.2 Å². The minimum absolute atomic E-state index is 0.0210. The minimum Gasteiger partial charge on any atom is -0.492 e. The van der Waals surface area contributed by atoms with E-state index in [1.54, 1.807) is 48.5 Å². The summed E-state index contributed by atoms with van der Waals surface area (Å²) in [6.07, 6.45) is 1.06. The summed E-state index contributed by atoms with van der Waals surface area (Å²) in [6.45, 7) is 0.208. The number of halogens is 2. The molecule has 0 fully saturated rings. The zero-order valence-electron chi connectivity index (χ0n) is 14.7. The average Bonchev–Trinajstić information content (AvgIpc) is 2.60. The predicted molar refractivity (Wildman–Crippen MR) is 107 cm³/mol. The van der Waals surface area contributed by atoms with Crippen molar-refractivity contribution in [1.29, 1.82) is 0 Å². The molecule has 6 nitrogen and oxygen atoms in total. The van der Waals surface area contributed by atoms with Crippen molar-refractivity contribution in [3.8, 4) is 5.75 Å². The normalized spacial score (nSPS) is 11.4. The molecule has 0 unspecified atom stereocenters. The summed E-state index contributed by atoms with van der Waals surface area (Å²) >= 11 is 11.9. The fourth-order valence-electron chi connectivity index (χ4n) is 2.21. The molecule has 0 aromatic heterocycles. The lowest BCUT2D eigenvalue weighted by Crippen LogP contribution is -2.41. The number of nitrogens with one attached hydrogen (secondary N) is 1. The van der Waals surface area contributed by atoms with Crippen molar-refractivity contribution in [1.82, 2.24) is 9.62 Å². The lowest BCUT2D eigenvalue weighted by Gasteiger charge is -2.20. The molecule has 0 heterocycles. The van der Waals surface area contributed by atoms with Crippen molar-refractivity contribution in [2.24, 2.45) is 0 Å². The zero-order chi connectivity index (χ0) is 19.9. The topological polar surface area (TPSA) is 75.7 Å². The SMILES string of the molecule is CS(=O)(=O)N(CC(=O)NCCOc1ccc(Cl)cc1)Cc1ccccc1Cl. The highest BCUT2D eigenvalue weighted by Crippen LogP contribution is 2.18. The van der Waals surface area contributed by atoms with E-state index < -0.39 is 15.9 Å². The van der Waals surface area contributed by atoms with E-state index in [4.69, 9.17) is 27.9 Å². The third-order valence-corrected chi connectivity index (χ3v) is 5.42. The Hall–Kier alpha value is -1.80. The summed E-state index contributed by atoms with van der Waals surface area (Å²) in [6, 6.07) is 13.8. The van der Waals surface area contributed by atoms with Crippen molar-refractivity contribution < 1.29 is 17.9 Å². The van der Waals surface area contributed by atoms with Gasteiger partial charge in [-0.1, -0.05) is 41.4 Å². The second-order valence-corrected chi connectivity index (χ2v) is 8.60. The number of rotatable bonds is 9. The number of ether oxygens (including phenoxy) is 1. The molecule has 2 aromatic carbocycles. The van der Waals surface area contributed by atoms with E-state index in [0.29, 0.717) is 21.4 Å². The van der Waals surface area contributed by atoms with E-state index in [1.807, 2.05) is 0 Å². The summed E-state index contributed by atoms with van der Waals surface area (Å²) < 4.78 is 30.5. The molecule has 0 bridgehead atoms. The predicted octanol–water partition coefficient (Wildman–Crippen LogP) is 2.95. The molecule has 0 atom stereocenters. The van der Waals surface area contributed by atoms with Gasteiger partial charge in [-0.3, -0.25) is 4.79 Å². The van der Waals surface area contributed by atoms with Gasteiger partial charge in [0.2, 0.25) is 15.9 Å². The van der Waals surface area contributed by atoms with E-state index in [0.717, 1.165) is 10.6 Å². The fourth-order valence-corrected chi connectivity index (χ4v) is 3.26. The number of hydrogen-bond donors (Lipinski definition) is 1. The molecule has 0 aliphatic heterocycles. The molecule has 0 aliphatic rings. The highest BCUT2D eigenvalue weighted by atomic mass is 35.5. The van der Waals surface area contributed by atoms with Crippen molar-refractivity contribution in [3.05, 3.63) is 64.1 Å². The molecule has 0 spiro atoms. The van der Waals surface area contributed by atoms with Crippen LogP contribution in [0.25, 0.3) is 0 Å². The molecule has 0 aliphatic carbocycles. The quantitative estimate of drug-likeness (QED) is 0.620. The van der Waals surface area contributed by atoms with Gasteiger partial charge in [0.15, 0.2) is 0 Å². The van der Waals surface area contributed by atoms with Crippen LogP contribution in [-0.4, -0.2) is 44.6 Å². The van der Waals surface area contributed by atoms with Crippen molar-refractivity contribution in [2.45, 2.75) is 6.54 Å². The summed E-state index contributed by atoms with van der Waals surface area (Å²) in [5, 5.41) is 3.69. The van der Waals surface area contributed by atoms with Crippen LogP contribution in [0, 0.1) is 0 Å². The van der Waals surface area contributed by atoms with Crippen LogP contribution in [0.15, 0.2) is 48.5 Å². The number of carbonyl (C=O) groups excluding carboxylic acids is 1. The van der Waals surface area contributed by atoms with Crippen LogP contribution >= 0.6 is 23.2 Å². The molecule has 2 rings (SSSR count). The smallest absolute Gasteiger partial charge is 0.235 e. The van der Waals surface area contributed by atoms with Gasteiger partial charge >= 0.3 is 0 Å². The van der Waals surface area contributed by atoms with Gasteiger partial charge in [0, 0.05) is 16.6 Å². The number of hydrogen-bond acceptors (Lipinski definition) is 4. The van der Waals surface area contributed by atoms with Gasteiger partial charge in [-0.2, -0.15) is 4.31 Å². The van der Waals surface area contributed by atoms with Crippen LogP contribution in [0.5, 0.6) is 5.75 Å². The highest BCUT2D eigenvalue weighted by Gasteiger charge is 2.21. The number of sulfonamides is 1. The summed E-state index contributed by atoms with van der Waals surface area (Å²) in [7, 11) is -3.58. The van der Waals surface area contributed by atoms with Gasteiger partial charge in [0.05, 0.1) is 19.3 Å². The van der Waals surface area contributed by atoms with Crippen LogP contribution in [-0.2, 0) is 21.4 Å². The van der Waals surface area contributed by atoms with E-state index in [2.05, 4.69) is 5.32 Å². The Kier molecular flexibility index (Phi) is 7.91. The Morgan fingerprint density at radius 2 is 1.78 bits per heavy atom. The Balaban J connectivity index is 1.85. The maximum Gasteiger partial charge on any atom is 0.235 e. The summed E-state index contributed by atoms with van der Waals surface area (Å²) in [5.74, 6) is 0.206.